The minimum absolute atomic E-state index is 0.343. The van der Waals surface area contributed by atoms with Crippen LogP contribution in [0.3, 0.4) is 0 Å². The number of benzene rings is 2. The normalized spacial score (nSPS) is 13.7. The van der Waals surface area contributed by atoms with Gasteiger partial charge in [0.2, 0.25) is 0 Å². The van der Waals surface area contributed by atoms with E-state index in [4.69, 9.17) is 0 Å². The molecule has 0 fully saturated rings. The van der Waals surface area contributed by atoms with Crippen LogP contribution in [0.25, 0.3) is 0 Å². The Bertz CT molecular complexity index is 586. The summed E-state index contributed by atoms with van der Waals surface area (Å²) in [5, 5.41) is 12.3. The number of halogens is 1. The van der Waals surface area contributed by atoms with Crippen LogP contribution in [0.5, 0.6) is 0 Å². The van der Waals surface area contributed by atoms with E-state index in [2.05, 4.69) is 5.32 Å². The van der Waals surface area contributed by atoms with Crippen molar-refractivity contribution >= 4 is 5.97 Å². The third kappa shape index (κ3) is 3.22. The number of carboxylic acids is 1. The minimum Gasteiger partial charge on any atom is -0.480 e. The van der Waals surface area contributed by atoms with Crippen molar-refractivity contribution in [2.45, 2.75) is 19.0 Å². The molecule has 0 saturated carbocycles. The van der Waals surface area contributed by atoms with Gasteiger partial charge >= 0.3 is 5.97 Å². The molecule has 0 bridgehead atoms. The zero-order valence-electron chi connectivity index (χ0n) is 11.1. The van der Waals surface area contributed by atoms with E-state index in [1.165, 1.54) is 6.07 Å². The first-order valence-corrected chi connectivity index (χ1v) is 6.38. The maximum Gasteiger partial charge on any atom is 0.325 e. The van der Waals surface area contributed by atoms with E-state index in [-0.39, 0.29) is 5.82 Å². The van der Waals surface area contributed by atoms with Gasteiger partial charge in [-0.3, -0.25) is 10.1 Å². The van der Waals surface area contributed by atoms with Crippen LogP contribution in [0, 0.1) is 5.82 Å². The molecule has 2 unspecified atom stereocenters. The first-order valence-electron chi connectivity index (χ1n) is 6.38. The molecule has 2 N–H and O–H groups in total. The molecule has 4 heteroatoms. The second kappa shape index (κ2) is 6.30. The van der Waals surface area contributed by atoms with Crippen molar-refractivity contribution < 1.29 is 14.3 Å². The van der Waals surface area contributed by atoms with Gasteiger partial charge in [-0.1, -0.05) is 48.5 Å². The maximum atomic E-state index is 13.7. The smallest absolute Gasteiger partial charge is 0.325 e. The van der Waals surface area contributed by atoms with Crippen LogP contribution < -0.4 is 5.32 Å². The molecule has 0 amide bonds. The number of rotatable bonds is 5. The van der Waals surface area contributed by atoms with Crippen LogP contribution in [0.15, 0.2) is 54.6 Å². The lowest BCUT2D eigenvalue weighted by Gasteiger charge is -2.21. The van der Waals surface area contributed by atoms with Gasteiger partial charge in [0.1, 0.15) is 11.9 Å². The van der Waals surface area contributed by atoms with E-state index in [1.807, 2.05) is 6.07 Å². The van der Waals surface area contributed by atoms with Crippen molar-refractivity contribution in [2.24, 2.45) is 0 Å². The fraction of sp³-hybridized carbons (Fsp3) is 0.188. The largest absolute Gasteiger partial charge is 0.480 e. The molecule has 0 aliphatic carbocycles. The molecule has 20 heavy (non-hydrogen) atoms. The van der Waals surface area contributed by atoms with Crippen molar-refractivity contribution in [3.8, 4) is 0 Å². The van der Waals surface area contributed by atoms with Gasteiger partial charge in [-0.15, -0.1) is 0 Å². The van der Waals surface area contributed by atoms with E-state index < -0.39 is 18.1 Å². The summed E-state index contributed by atoms with van der Waals surface area (Å²) in [7, 11) is 0. The number of carboxylic acid groups (broad SMARTS) is 1. The Kier molecular flexibility index (Phi) is 4.48. The summed E-state index contributed by atoms with van der Waals surface area (Å²) in [5.74, 6) is -1.33. The Morgan fingerprint density at radius 2 is 1.70 bits per heavy atom. The lowest BCUT2D eigenvalue weighted by molar-refractivity contribution is -0.139. The molecular formula is C16H16FNO2. The summed E-state index contributed by atoms with van der Waals surface area (Å²) in [6.07, 6.45) is 0. The summed E-state index contributed by atoms with van der Waals surface area (Å²) in [6.45, 7) is 1.75. The fourth-order valence-corrected chi connectivity index (χ4v) is 2.12. The predicted octanol–water partition coefficient (Wildman–Crippen LogP) is 3.30. The van der Waals surface area contributed by atoms with Crippen molar-refractivity contribution in [1.82, 2.24) is 5.32 Å². The van der Waals surface area contributed by atoms with Crippen LogP contribution in [-0.2, 0) is 4.79 Å². The van der Waals surface area contributed by atoms with E-state index >= 15 is 0 Å². The second-order valence-corrected chi connectivity index (χ2v) is 4.59. The lowest BCUT2D eigenvalue weighted by Crippen LogP contribution is -2.31. The molecule has 2 aromatic rings. The Balaban J connectivity index is 2.21. The molecule has 0 aliphatic heterocycles. The van der Waals surface area contributed by atoms with Crippen LogP contribution in [-0.4, -0.2) is 11.1 Å². The third-order valence-corrected chi connectivity index (χ3v) is 3.17. The Morgan fingerprint density at radius 1 is 1.10 bits per heavy atom. The number of carbonyl (C=O) groups is 1. The molecule has 0 heterocycles. The van der Waals surface area contributed by atoms with Crippen molar-refractivity contribution in [1.29, 1.82) is 0 Å². The molecular weight excluding hydrogens is 257 g/mol. The third-order valence-electron chi connectivity index (χ3n) is 3.17. The van der Waals surface area contributed by atoms with Gasteiger partial charge in [0, 0.05) is 11.6 Å². The molecule has 3 nitrogen and oxygen atoms in total. The Hall–Kier alpha value is -2.20. The molecule has 104 valence electrons. The molecule has 2 atom stereocenters. The summed E-state index contributed by atoms with van der Waals surface area (Å²) in [5.41, 5.74) is 1.10. The Morgan fingerprint density at radius 3 is 2.30 bits per heavy atom. The molecule has 0 aromatic heterocycles. The average molecular weight is 273 g/mol. The summed E-state index contributed by atoms with van der Waals surface area (Å²) in [4.78, 5) is 11.4. The molecule has 0 saturated heterocycles. The highest BCUT2D eigenvalue weighted by molar-refractivity contribution is 5.75. The van der Waals surface area contributed by atoms with Gasteiger partial charge in [-0.05, 0) is 18.6 Å². The minimum atomic E-state index is -0.987. The van der Waals surface area contributed by atoms with Crippen LogP contribution in [0.1, 0.15) is 30.1 Å². The topological polar surface area (TPSA) is 49.3 Å². The second-order valence-electron chi connectivity index (χ2n) is 4.59. The number of hydrogen-bond donors (Lipinski definition) is 2. The molecule has 0 aliphatic rings. The number of aliphatic carboxylic acids is 1. The molecule has 2 rings (SSSR count). The number of nitrogens with one attached hydrogen (secondary N) is 1. The maximum absolute atomic E-state index is 13.7. The molecule has 0 spiro atoms. The average Bonchev–Trinajstić information content (AvgIpc) is 2.45. The highest BCUT2D eigenvalue weighted by Crippen LogP contribution is 2.21. The molecule has 2 aromatic carbocycles. The first kappa shape index (κ1) is 14.2. The summed E-state index contributed by atoms with van der Waals surface area (Å²) in [6, 6.07) is 13.9. The van der Waals surface area contributed by atoms with Crippen LogP contribution in [0.2, 0.25) is 0 Å². The van der Waals surface area contributed by atoms with Crippen LogP contribution >= 0.6 is 0 Å². The van der Waals surface area contributed by atoms with E-state index in [0.29, 0.717) is 11.1 Å². The van der Waals surface area contributed by atoms with E-state index in [1.54, 1.807) is 49.4 Å². The summed E-state index contributed by atoms with van der Waals surface area (Å²) < 4.78 is 13.7. The summed E-state index contributed by atoms with van der Waals surface area (Å²) >= 11 is 0. The zero-order chi connectivity index (χ0) is 14.5. The van der Waals surface area contributed by atoms with E-state index in [0.717, 1.165) is 0 Å². The molecule has 0 radical (unpaired) electrons. The van der Waals surface area contributed by atoms with Gasteiger partial charge < -0.3 is 5.11 Å². The van der Waals surface area contributed by atoms with Gasteiger partial charge in [0.05, 0.1) is 0 Å². The number of hydrogen-bond acceptors (Lipinski definition) is 2. The van der Waals surface area contributed by atoms with Gasteiger partial charge in [-0.2, -0.15) is 0 Å². The monoisotopic (exact) mass is 273 g/mol. The van der Waals surface area contributed by atoms with Crippen molar-refractivity contribution in [3.63, 3.8) is 0 Å². The quantitative estimate of drug-likeness (QED) is 0.878. The predicted molar refractivity (Wildman–Crippen MR) is 74.8 cm³/mol. The van der Waals surface area contributed by atoms with Gasteiger partial charge in [0.15, 0.2) is 0 Å². The van der Waals surface area contributed by atoms with Gasteiger partial charge in [-0.25, -0.2) is 4.39 Å². The van der Waals surface area contributed by atoms with Crippen LogP contribution in [0.4, 0.5) is 4.39 Å². The standard InChI is InChI=1S/C16H16FNO2/c1-11(13-9-5-6-10-14(13)17)18-15(16(19)20)12-7-3-2-4-8-12/h2-11,15,18H,1H3,(H,19,20). The van der Waals surface area contributed by atoms with E-state index in [9.17, 15) is 14.3 Å². The van der Waals surface area contributed by atoms with Crippen molar-refractivity contribution in [2.75, 3.05) is 0 Å². The SMILES string of the molecule is CC(NC(C(=O)O)c1ccccc1)c1ccccc1F. The Labute approximate surface area is 117 Å². The highest BCUT2D eigenvalue weighted by atomic mass is 19.1. The fourth-order valence-electron chi connectivity index (χ4n) is 2.12. The lowest BCUT2D eigenvalue weighted by atomic mass is 10.0. The zero-order valence-corrected chi connectivity index (χ0v) is 11.1. The van der Waals surface area contributed by atoms with Gasteiger partial charge in [0.25, 0.3) is 0 Å². The highest BCUT2D eigenvalue weighted by Gasteiger charge is 2.22. The first-order chi connectivity index (χ1) is 9.59. The van der Waals surface area contributed by atoms with Crippen molar-refractivity contribution in [3.05, 3.63) is 71.5 Å².